The number of amides is 1. The second-order valence-electron chi connectivity index (χ2n) is 4.15. The average molecular weight is 275 g/mol. The molecule has 6 heteroatoms. The number of hydrogen-bond donors (Lipinski definition) is 1. The van der Waals surface area contributed by atoms with E-state index in [1.165, 1.54) is 12.0 Å². The highest BCUT2D eigenvalue weighted by Crippen LogP contribution is 2.22. The molecule has 5 nitrogen and oxygen atoms in total. The molecule has 0 atom stereocenters. The molecule has 0 spiro atoms. The first-order valence-electron chi connectivity index (χ1n) is 5.86. The third kappa shape index (κ3) is 2.69. The SMILES string of the molecule is COc1cccc(N(C)C(=O)c2cc(F)cnc2N)c1. The van der Waals surface area contributed by atoms with E-state index in [4.69, 9.17) is 10.5 Å². The standard InChI is InChI=1S/C14H14FN3O2/c1-18(10-4-3-5-11(7-10)20-2)14(19)12-6-9(15)8-17-13(12)16/h3-8H,1-2H3,(H2,16,17). The fourth-order valence-corrected chi connectivity index (χ4v) is 1.74. The first-order valence-corrected chi connectivity index (χ1v) is 5.86. The highest BCUT2D eigenvalue weighted by Gasteiger charge is 2.18. The number of nitrogen functional groups attached to an aromatic ring is 1. The van der Waals surface area contributed by atoms with Gasteiger partial charge in [0.15, 0.2) is 0 Å². The van der Waals surface area contributed by atoms with Crippen molar-refractivity contribution in [3.63, 3.8) is 0 Å². The lowest BCUT2D eigenvalue weighted by Crippen LogP contribution is -2.27. The molecule has 0 aliphatic carbocycles. The van der Waals surface area contributed by atoms with Crippen LogP contribution < -0.4 is 15.4 Å². The summed E-state index contributed by atoms with van der Waals surface area (Å²) in [5.74, 6) is -0.442. The molecule has 2 N–H and O–H groups in total. The summed E-state index contributed by atoms with van der Waals surface area (Å²) in [5.41, 5.74) is 6.25. The molecule has 0 unspecified atom stereocenters. The molecule has 2 aromatic rings. The normalized spacial score (nSPS) is 10.2. The topological polar surface area (TPSA) is 68.5 Å². The van der Waals surface area contributed by atoms with E-state index < -0.39 is 11.7 Å². The molecule has 0 fully saturated rings. The Morgan fingerprint density at radius 3 is 2.85 bits per heavy atom. The van der Waals surface area contributed by atoms with Crippen LogP contribution in [0.15, 0.2) is 36.5 Å². The van der Waals surface area contributed by atoms with Crippen molar-refractivity contribution in [1.82, 2.24) is 4.98 Å². The van der Waals surface area contributed by atoms with E-state index in [0.717, 1.165) is 12.3 Å². The minimum atomic E-state index is -0.610. The van der Waals surface area contributed by atoms with Gasteiger partial charge in [0.2, 0.25) is 0 Å². The van der Waals surface area contributed by atoms with Crippen LogP contribution in [-0.4, -0.2) is 25.0 Å². The average Bonchev–Trinajstić information content (AvgIpc) is 2.48. The summed E-state index contributed by atoms with van der Waals surface area (Å²) in [5, 5.41) is 0. The second kappa shape index (κ2) is 5.56. The summed E-state index contributed by atoms with van der Waals surface area (Å²) in [7, 11) is 3.11. The van der Waals surface area contributed by atoms with Gasteiger partial charge in [-0.15, -0.1) is 0 Å². The van der Waals surface area contributed by atoms with Crippen molar-refractivity contribution >= 4 is 17.4 Å². The molecule has 2 rings (SSSR count). The molecule has 0 bridgehead atoms. The Morgan fingerprint density at radius 1 is 1.40 bits per heavy atom. The maximum atomic E-state index is 13.2. The van der Waals surface area contributed by atoms with E-state index in [9.17, 15) is 9.18 Å². The zero-order chi connectivity index (χ0) is 14.7. The van der Waals surface area contributed by atoms with E-state index in [2.05, 4.69) is 4.98 Å². The summed E-state index contributed by atoms with van der Waals surface area (Å²) in [6, 6.07) is 8.02. The van der Waals surface area contributed by atoms with Gasteiger partial charge in [-0.25, -0.2) is 9.37 Å². The van der Waals surface area contributed by atoms with Crippen LogP contribution in [0.3, 0.4) is 0 Å². The number of hydrogen-bond acceptors (Lipinski definition) is 4. The zero-order valence-corrected chi connectivity index (χ0v) is 11.1. The van der Waals surface area contributed by atoms with Crippen molar-refractivity contribution in [2.45, 2.75) is 0 Å². The van der Waals surface area contributed by atoms with E-state index in [-0.39, 0.29) is 11.4 Å². The number of ether oxygens (including phenoxy) is 1. The molecule has 0 saturated carbocycles. The number of methoxy groups -OCH3 is 1. The quantitative estimate of drug-likeness (QED) is 0.931. The minimum absolute atomic E-state index is 0.00820. The maximum absolute atomic E-state index is 13.2. The zero-order valence-electron chi connectivity index (χ0n) is 11.1. The second-order valence-corrected chi connectivity index (χ2v) is 4.15. The Kier molecular flexibility index (Phi) is 3.84. The number of nitrogens with two attached hydrogens (primary N) is 1. The highest BCUT2D eigenvalue weighted by molar-refractivity contribution is 6.08. The van der Waals surface area contributed by atoms with Gasteiger partial charge in [0.25, 0.3) is 5.91 Å². The third-order valence-corrected chi connectivity index (χ3v) is 2.86. The summed E-state index contributed by atoms with van der Waals surface area (Å²) < 4.78 is 18.3. The van der Waals surface area contributed by atoms with Crippen LogP contribution in [0.2, 0.25) is 0 Å². The summed E-state index contributed by atoms with van der Waals surface area (Å²) in [6.07, 6.45) is 0.970. The first kappa shape index (κ1) is 13.8. The van der Waals surface area contributed by atoms with Crippen LogP contribution >= 0.6 is 0 Å². The van der Waals surface area contributed by atoms with E-state index in [0.29, 0.717) is 11.4 Å². The Balaban J connectivity index is 2.34. The van der Waals surface area contributed by atoms with Gasteiger partial charge < -0.3 is 15.4 Å². The molecular weight excluding hydrogens is 261 g/mol. The van der Waals surface area contributed by atoms with E-state index in [1.54, 1.807) is 31.3 Å². The van der Waals surface area contributed by atoms with E-state index in [1.807, 2.05) is 0 Å². The van der Waals surface area contributed by atoms with Crippen molar-refractivity contribution in [2.75, 3.05) is 24.8 Å². The number of pyridine rings is 1. The fourth-order valence-electron chi connectivity index (χ4n) is 1.74. The molecular formula is C14H14FN3O2. The molecule has 0 aliphatic heterocycles. The number of carbonyl (C=O) groups is 1. The summed E-state index contributed by atoms with van der Waals surface area (Å²) in [6.45, 7) is 0. The monoisotopic (exact) mass is 275 g/mol. The Bertz CT molecular complexity index is 646. The van der Waals surface area contributed by atoms with Crippen molar-refractivity contribution in [3.8, 4) is 5.75 Å². The van der Waals surface area contributed by atoms with Crippen LogP contribution in [0.25, 0.3) is 0 Å². The van der Waals surface area contributed by atoms with Crippen LogP contribution in [0.1, 0.15) is 10.4 Å². The van der Waals surface area contributed by atoms with E-state index >= 15 is 0 Å². The largest absolute Gasteiger partial charge is 0.497 e. The van der Waals surface area contributed by atoms with Crippen molar-refractivity contribution in [1.29, 1.82) is 0 Å². The molecule has 0 aliphatic rings. The van der Waals surface area contributed by atoms with Gasteiger partial charge in [0, 0.05) is 18.8 Å². The number of aromatic nitrogens is 1. The first-order chi connectivity index (χ1) is 9.52. The van der Waals surface area contributed by atoms with Crippen molar-refractivity contribution < 1.29 is 13.9 Å². The van der Waals surface area contributed by atoms with Crippen LogP contribution in [0.5, 0.6) is 5.75 Å². The smallest absolute Gasteiger partial charge is 0.261 e. The number of carbonyl (C=O) groups excluding carboxylic acids is 1. The molecule has 1 aromatic carbocycles. The van der Waals surface area contributed by atoms with Crippen LogP contribution in [0.4, 0.5) is 15.9 Å². The molecule has 1 amide bonds. The van der Waals surface area contributed by atoms with Gasteiger partial charge in [-0.1, -0.05) is 6.07 Å². The summed E-state index contributed by atoms with van der Waals surface area (Å²) in [4.78, 5) is 17.3. The number of rotatable bonds is 3. The van der Waals surface area contributed by atoms with Gasteiger partial charge in [-0.2, -0.15) is 0 Å². The molecule has 0 saturated heterocycles. The molecule has 104 valence electrons. The van der Waals surface area contributed by atoms with Crippen LogP contribution in [-0.2, 0) is 0 Å². The number of halogens is 1. The van der Waals surface area contributed by atoms with Gasteiger partial charge >= 0.3 is 0 Å². The number of anilines is 2. The maximum Gasteiger partial charge on any atom is 0.261 e. The number of nitrogens with zero attached hydrogens (tertiary/aromatic N) is 2. The lowest BCUT2D eigenvalue weighted by atomic mass is 10.2. The lowest BCUT2D eigenvalue weighted by molar-refractivity contribution is 0.0993. The minimum Gasteiger partial charge on any atom is -0.497 e. The molecule has 0 radical (unpaired) electrons. The van der Waals surface area contributed by atoms with Gasteiger partial charge in [-0.3, -0.25) is 4.79 Å². The van der Waals surface area contributed by atoms with Crippen molar-refractivity contribution in [3.05, 3.63) is 47.9 Å². The third-order valence-electron chi connectivity index (χ3n) is 2.86. The van der Waals surface area contributed by atoms with Crippen molar-refractivity contribution in [2.24, 2.45) is 0 Å². The molecule has 1 heterocycles. The van der Waals surface area contributed by atoms with Gasteiger partial charge in [-0.05, 0) is 18.2 Å². The summed E-state index contributed by atoms with van der Waals surface area (Å²) >= 11 is 0. The highest BCUT2D eigenvalue weighted by atomic mass is 19.1. The van der Waals surface area contributed by atoms with Gasteiger partial charge in [0.1, 0.15) is 17.4 Å². The molecule has 1 aromatic heterocycles. The Hall–Kier alpha value is -2.63. The fraction of sp³-hybridized carbons (Fsp3) is 0.143. The lowest BCUT2D eigenvalue weighted by Gasteiger charge is -2.18. The van der Waals surface area contributed by atoms with Gasteiger partial charge in [0.05, 0.1) is 18.9 Å². The predicted octanol–water partition coefficient (Wildman–Crippen LogP) is 2.09. The molecule has 20 heavy (non-hydrogen) atoms. The predicted molar refractivity (Wildman–Crippen MR) is 74.3 cm³/mol. The Morgan fingerprint density at radius 2 is 2.15 bits per heavy atom. The van der Waals surface area contributed by atoms with Crippen LogP contribution in [0, 0.1) is 5.82 Å². The number of benzene rings is 1. The Labute approximate surface area is 115 Å².